The quantitative estimate of drug-likeness (QED) is 0.818. The maximum absolute atomic E-state index is 13.1. The Labute approximate surface area is 157 Å². The molecule has 2 aromatic rings. The van der Waals surface area contributed by atoms with Crippen molar-refractivity contribution < 1.29 is 14.4 Å². The first-order valence-electron chi connectivity index (χ1n) is 9.41. The minimum atomic E-state index is -1.19. The molecule has 0 aromatic heterocycles. The van der Waals surface area contributed by atoms with Crippen molar-refractivity contribution in [2.24, 2.45) is 0 Å². The number of hydrogen-bond acceptors (Lipinski definition) is 3. The first kappa shape index (κ1) is 17.5. The zero-order valence-electron chi connectivity index (χ0n) is 15.3. The monoisotopic (exact) mass is 365 g/mol. The minimum Gasteiger partial charge on any atom is -0.352 e. The van der Waals surface area contributed by atoms with E-state index >= 15 is 0 Å². The summed E-state index contributed by atoms with van der Waals surface area (Å²) >= 11 is 0. The van der Waals surface area contributed by atoms with E-state index in [1.54, 1.807) is 6.92 Å². The fraction of sp³-hybridized carbons (Fsp3) is 0.381. The highest BCUT2D eigenvalue weighted by molar-refractivity contribution is 6.10. The fourth-order valence-corrected chi connectivity index (χ4v) is 4.17. The van der Waals surface area contributed by atoms with Crippen molar-refractivity contribution in [1.29, 1.82) is 0 Å². The zero-order valence-corrected chi connectivity index (χ0v) is 15.3. The van der Waals surface area contributed by atoms with Gasteiger partial charge in [-0.05, 0) is 36.1 Å². The van der Waals surface area contributed by atoms with E-state index in [-0.39, 0.29) is 18.5 Å². The third kappa shape index (κ3) is 3.05. The maximum atomic E-state index is 13.1. The molecule has 0 unspecified atom stereocenters. The van der Waals surface area contributed by atoms with Crippen molar-refractivity contribution >= 4 is 28.6 Å². The number of hydrogen-bond donors (Lipinski definition) is 2. The first-order chi connectivity index (χ1) is 13.0. The average Bonchev–Trinajstić information content (AvgIpc) is 3.24. The van der Waals surface area contributed by atoms with Crippen LogP contribution in [0, 0.1) is 0 Å². The van der Waals surface area contributed by atoms with Crippen molar-refractivity contribution in [3.8, 4) is 0 Å². The van der Waals surface area contributed by atoms with Crippen molar-refractivity contribution in [1.82, 2.24) is 15.5 Å². The van der Waals surface area contributed by atoms with Crippen LogP contribution in [0.3, 0.4) is 0 Å². The molecule has 1 saturated carbocycles. The van der Waals surface area contributed by atoms with Crippen LogP contribution in [0.5, 0.6) is 0 Å². The number of nitrogens with one attached hydrogen (secondary N) is 2. The molecule has 27 heavy (non-hydrogen) atoms. The summed E-state index contributed by atoms with van der Waals surface area (Å²) < 4.78 is 0. The molecular formula is C21H23N3O3. The molecule has 1 aliphatic carbocycles. The number of rotatable bonds is 4. The molecule has 2 fully saturated rings. The van der Waals surface area contributed by atoms with Gasteiger partial charge in [0.15, 0.2) is 0 Å². The summed E-state index contributed by atoms with van der Waals surface area (Å²) in [7, 11) is 0. The molecule has 4 amide bonds. The summed E-state index contributed by atoms with van der Waals surface area (Å²) in [6.45, 7) is 1.45. The summed E-state index contributed by atoms with van der Waals surface area (Å²) in [5.41, 5.74) is -0.455. The maximum Gasteiger partial charge on any atom is 0.325 e. The molecule has 1 atom stereocenters. The molecule has 6 heteroatoms. The molecule has 2 aromatic carbocycles. The lowest BCUT2D eigenvalue weighted by atomic mass is 9.88. The van der Waals surface area contributed by atoms with Crippen molar-refractivity contribution in [2.45, 2.75) is 44.2 Å². The predicted octanol–water partition coefficient (Wildman–Crippen LogP) is 2.67. The van der Waals surface area contributed by atoms with Gasteiger partial charge in [-0.1, -0.05) is 55.3 Å². The summed E-state index contributed by atoms with van der Waals surface area (Å²) in [5.74, 6) is -0.682. The molecule has 4 rings (SSSR count). The lowest BCUT2D eigenvalue weighted by Gasteiger charge is -2.24. The second-order valence-electron chi connectivity index (χ2n) is 7.52. The number of nitrogens with zero attached hydrogens (tertiary/aromatic N) is 1. The lowest BCUT2D eigenvalue weighted by molar-refractivity contribution is -0.135. The van der Waals surface area contributed by atoms with E-state index in [4.69, 9.17) is 0 Å². The Morgan fingerprint density at radius 2 is 1.85 bits per heavy atom. The number of benzene rings is 2. The predicted molar refractivity (Wildman–Crippen MR) is 102 cm³/mol. The largest absolute Gasteiger partial charge is 0.352 e. The third-order valence-electron chi connectivity index (χ3n) is 5.63. The Balaban J connectivity index is 1.58. The van der Waals surface area contributed by atoms with E-state index in [2.05, 4.69) is 10.6 Å². The Bertz CT molecular complexity index is 915. The van der Waals surface area contributed by atoms with Gasteiger partial charge in [-0.15, -0.1) is 0 Å². The van der Waals surface area contributed by atoms with E-state index in [1.165, 1.54) is 0 Å². The topological polar surface area (TPSA) is 78.5 Å². The van der Waals surface area contributed by atoms with Gasteiger partial charge in [-0.25, -0.2) is 4.79 Å². The van der Waals surface area contributed by atoms with Gasteiger partial charge in [0.1, 0.15) is 12.1 Å². The molecule has 140 valence electrons. The second kappa shape index (κ2) is 6.68. The summed E-state index contributed by atoms with van der Waals surface area (Å²) in [5, 5.41) is 7.63. The number of amides is 4. The second-order valence-corrected chi connectivity index (χ2v) is 7.52. The number of carbonyl (C=O) groups excluding carboxylic acids is 3. The molecule has 0 radical (unpaired) electrons. The summed E-state index contributed by atoms with van der Waals surface area (Å²) in [4.78, 5) is 39.0. The number of urea groups is 1. The van der Waals surface area contributed by atoms with Crippen LogP contribution in [-0.4, -0.2) is 35.3 Å². The van der Waals surface area contributed by atoms with Crippen LogP contribution in [0.2, 0.25) is 0 Å². The number of imide groups is 1. The van der Waals surface area contributed by atoms with E-state index in [9.17, 15) is 14.4 Å². The molecule has 0 bridgehead atoms. The van der Waals surface area contributed by atoms with Crippen LogP contribution < -0.4 is 10.6 Å². The van der Waals surface area contributed by atoms with Gasteiger partial charge in [-0.2, -0.15) is 0 Å². The van der Waals surface area contributed by atoms with Gasteiger partial charge >= 0.3 is 6.03 Å². The SMILES string of the molecule is C[C@@]1(c2cccc3ccccc23)NC(=O)N(CC(=O)NC2CCCC2)C1=O. The minimum absolute atomic E-state index is 0.155. The zero-order chi connectivity index (χ0) is 19.0. The first-order valence-corrected chi connectivity index (χ1v) is 9.41. The Morgan fingerprint density at radius 3 is 2.63 bits per heavy atom. The van der Waals surface area contributed by atoms with Gasteiger partial charge in [0.2, 0.25) is 5.91 Å². The van der Waals surface area contributed by atoms with Crippen molar-refractivity contribution in [2.75, 3.05) is 6.54 Å². The van der Waals surface area contributed by atoms with Crippen LogP contribution in [0.4, 0.5) is 4.79 Å². The number of carbonyl (C=O) groups is 3. The van der Waals surface area contributed by atoms with Crippen LogP contribution in [-0.2, 0) is 15.1 Å². The standard InChI is InChI=1S/C21H23N3O3/c1-21(17-12-6-8-14-7-2-5-11-16(14)17)19(26)24(20(27)23-21)13-18(25)22-15-9-3-4-10-15/h2,5-8,11-12,15H,3-4,9-10,13H2,1H3,(H,22,25)(H,23,27)/t21-/m0/s1. The van der Waals surface area contributed by atoms with E-state index in [1.807, 2.05) is 42.5 Å². The highest BCUT2D eigenvalue weighted by Gasteiger charge is 2.50. The molecule has 2 N–H and O–H groups in total. The highest BCUT2D eigenvalue weighted by Crippen LogP contribution is 2.33. The molecule has 6 nitrogen and oxygen atoms in total. The summed E-state index contributed by atoms with van der Waals surface area (Å²) in [6, 6.07) is 13.1. The lowest BCUT2D eigenvalue weighted by Crippen LogP contribution is -2.45. The van der Waals surface area contributed by atoms with Gasteiger partial charge in [0.05, 0.1) is 0 Å². The highest BCUT2D eigenvalue weighted by atomic mass is 16.2. The molecule has 1 aliphatic heterocycles. The van der Waals surface area contributed by atoms with Crippen LogP contribution in [0.1, 0.15) is 38.2 Å². The number of fused-ring (bicyclic) bond motifs is 1. The van der Waals surface area contributed by atoms with Gasteiger partial charge in [0.25, 0.3) is 5.91 Å². The molecule has 0 spiro atoms. The van der Waals surface area contributed by atoms with Gasteiger partial charge in [0, 0.05) is 6.04 Å². The molecule has 2 aliphatic rings. The van der Waals surface area contributed by atoms with Crippen molar-refractivity contribution in [3.05, 3.63) is 48.0 Å². The van der Waals surface area contributed by atoms with E-state index in [0.717, 1.165) is 46.9 Å². The smallest absolute Gasteiger partial charge is 0.325 e. The van der Waals surface area contributed by atoms with Crippen LogP contribution in [0.25, 0.3) is 10.8 Å². The average molecular weight is 365 g/mol. The van der Waals surface area contributed by atoms with E-state index < -0.39 is 17.5 Å². The molecule has 1 heterocycles. The Morgan fingerprint density at radius 1 is 1.15 bits per heavy atom. The third-order valence-corrected chi connectivity index (χ3v) is 5.63. The van der Waals surface area contributed by atoms with Crippen LogP contribution in [0.15, 0.2) is 42.5 Å². The van der Waals surface area contributed by atoms with E-state index in [0.29, 0.717) is 0 Å². The Hall–Kier alpha value is -2.89. The molecule has 1 saturated heterocycles. The summed E-state index contributed by atoms with van der Waals surface area (Å²) in [6.07, 6.45) is 4.12. The van der Waals surface area contributed by atoms with Crippen LogP contribution >= 0.6 is 0 Å². The van der Waals surface area contributed by atoms with Gasteiger partial charge in [-0.3, -0.25) is 14.5 Å². The fourth-order valence-electron chi connectivity index (χ4n) is 4.17. The van der Waals surface area contributed by atoms with Crippen molar-refractivity contribution in [3.63, 3.8) is 0 Å². The van der Waals surface area contributed by atoms with Gasteiger partial charge < -0.3 is 10.6 Å². The normalized spacial score (nSPS) is 23.1. The molecular weight excluding hydrogens is 342 g/mol. The Kier molecular flexibility index (Phi) is 4.34.